The molecule has 0 aliphatic carbocycles. The van der Waals surface area contributed by atoms with Gasteiger partial charge in [-0.1, -0.05) is 17.0 Å². The number of benzene rings is 1. The summed E-state index contributed by atoms with van der Waals surface area (Å²) < 4.78 is 19.5. The lowest BCUT2D eigenvalue weighted by Crippen LogP contribution is -2.24. The van der Waals surface area contributed by atoms with Crippen LogP contribution in [0.5, 0.6) is 0 Å². The van der Waals surface area contributed by atoms with Crippen molar-refractivity contribution in [3.63, 3.8) is 0 Å². The van der Waals surface area contributed by atoms with E-state index in [0.29, 0.717) is 31.8 Å². The van der Waals surface area contributed by atoms with E-state index in [1.165, 1.54) is 0 Å². The van der Waals surface area contributed by atoms with Gasteiger partial charge in [0.05, 0.1) is 18.3 Å². The zero-order valence-electron chi connectivity index (χ0n) is 22.5. The van der Waals surface area contributed by atoms with E-state index in [9.17, 15) is 0 Å². The first-order chi connectivity index (χ1) is 19.7. The molecule has 4 heterocycles. The quantitative estimate of drug-likeness (QED) is 0.223. The third-order valence-electron chi connectivity index (χ3n) is 6.56. The van der Waals surface area contributed by atoms with Crippen molar-refractivity contribution in [2.45, 2.75) is 58.1 Å². The fourth-order valence-electron chi connectivity index (χ4n) is 4.44. The lowest BCUT2D eigenvalue weighted by Gasteiger charge is -2.26. The molecule has 1 aromatic carbocycles. The molecule has 1 N–H and O–H groups in total. The zero-order chi connectivity index (χ0) is 27.6. The number of nitrogens with one attached hydrogen (secondary N) is 1. The van der Waals surface area contributed by atoms with Gasteiger partial charge in [0.1, 0.15) is 17.6 Å². The number of nitrogens with zero attached hydrogens (tertiary/aromatic N) is 5. The number of hydrogen-bond donors (Lipinski definition) is 1. The number of rotatable bonds is 10. The number of hydrogen-bond acceptors (Lipinski definition) is 8. The Morgan fingerprint density at radius 1 is 1.10 bits per heavy atom. The van der Waals surface area contributed by atoms with Gasteiger partial charge >= 0.3 is 0 Å². The van der Waals surface area contributed by atoms with Crippen molar-refractivity contribution in [3.05, 3.63) is 89.4 Å². The van der Waals surface area contributed by atoms with Crippen LogP contribution in [0.4, 0.5) is 0 Å². The molecule has 1 aliphatic heterocycles. The van der Waals surface area contributed by atoms with Crippen LogP contribution in [0.1, 0.15) is 67.1 Å². The van der Waals surface area contributed by atoms with Crippen molar-refractivity contribution in [3.8, 4) is 29.2 Å². The smallest absolute Gasteiger partial charge is 0.167 e. The fraction of sp³-hybridized carbons (Fsp3) is 0.355. The maximum atomic E-state index is 8.60. The van der Waals surface area contributed by atoms with E-state index < -0.39 is 0 Å². The summed E-state index contributed by atoms with van der Waals surface area (Å²) in [6, 6.07) is 15.8. The van der Waals surface area contributed by atoms with Gasteiger partial charge in [-0.2, -0.15) is 5.26 Å². The first-order valence-corrected chi connectivity index (χ1v) is 13.6. The number of ether oxygens (including phenoxy) is 2. The predicted molar refractivity (Wildman–Crippen MR) is 149 cm³/mol. The Morgan fingerprint density at radius 3 is 2.73 bits per heavy atom. The molecule has 2 atom stereocenters. The van der Waals surface area contributed by atoms with Gasteiger partial charge in [0.15, 0.2) is 12.1 Å². The highest BCUT2D eigenvalue weighted by atomic mass is 16.7. The van der Waals surface area contributed by atoms with Crippen molar-refractivity contribution >= 4 is 0 Å². The molecule has 9 nitrogen and oxygen atoms in total. The van der Waals surface area contributed by atoms with Crippen LogP contribution in [-0.4, -0.2) is 39.1 Å². The van der Waals surface area contributed by atoms with Gasteiger partial charge in [-0.05, 0) is 62.6 Å². The zero-order valence-corrected chi connectivity index (χ0v) is 22.5. The second kappa shape index (κ2) is 13.7. The van der Waals surface area contributed by atoms with Gasteiger partial charge in [0.2, 0.25) is 0 Å². The van der Waals surface area contributed by atoms with Gasteiger partial charge in [-0.25, -0.2) is 4.98 Å². The summed E-state index contributed by atoms with van der Waals surface area (Å²) in [6.45, 7) is 4.56. The lowest BCUT2D eigenvalue weighted by atomic mass is 10.1. The van der Waals surface area contributed by atoms with Crippen molar-refractivity contribution < 1.29 is 14.0 Å². The Balaban J connectivity index is 1.17. The fourth-order valence-corrected chi connectivity index (χ4v) is 4.44. The molecule has 4 aromatic rings. The molecule has 0 amide bonds. The summed E-state index contributed by atoms with van der Waals surface area (Å²) in [4.78, 5) is 8.94. The number of imidazole rings is 1. The molecular formula is C31H32N6O3. The van der Waals surface area contributed by atoms with E-state index in [1.54, 1.807) is 12.4 Å². The van der Waals surface area contributed by atoms with Crippen LogP contribution in [0.2, 0.25) is 0 Å². The molecule has 1 aliphatic rings. The third-order valence-corrected chi connectivity index (χ3v) is 6.56. The normalized spacial score (nSPS) is 15.7. The minimum atomic E-state index is -0.191. The van der Waals surface area contributed by atoms with Crippen LogP contribution in [0.3, 0.4) is 0 Å². The number of pyridine rings is 1. The molecule has 204 valence electrons. The average molecular weight is 537 g/mol. The average Bonchev–Trinajstić information content (AvgIpc) is 3.66. The van der Waals surface area contributed by atoms with Gasteiger partial charge in [0.25, 0.3) is 0 Å². The van der Waals surface area contributed by atoms with Gasteiger partial charge in [0, 0.05) is 67.5 Å². The molecule has 1 fully saturated rings. The van der Waals surface area contributed by atoms with Gasteiger partial charge < -0.3 is 23.9 Å². The molecule has 0 saturated carbocycles. The van der Waals surface area contributed by atoms with E-state index in [-0.39, 0.29) is 12.4 Å². The monoisotopic (exact) mass is 536 g/mol. The summed E-state index contributed by atoms with van der Waals surface area (Å²) in [5.41, 5.74) is 4.38. The summed E-state index contributed by atoms with van der Waals surface area (Å²) in [5, 5.41) is 16.1. The van der Waals surface area contributed by atoms with Crippen LogP contribution in [0, 0.1) is 23.2 Å². The summed E-state index contributed by atoms with van der Waals surface area (Å²) in [5.74, 6) is 7.86. The van der Waals surface area contributed by atoms with E-state index in [1.807, 2.05) is 60.2 Å². The maximum absolute atomic E-state index is 8.60. The van der Waals surface area contributed by atoms with Crippen LogP contribution < -0.4 is 5.32 Å². The third kappa shape index (κ3) is 7.43. The number of aromatic nitrogens is 4. The minimum absolute atomic E-state index is 0.175. The van der Waals surface area contributed by atoms with Crippen molar-refractivity contribution in [2.75, 3.05) is 13.2 Å². The second-order valence-corrected chi connectivity index (χ2v) is 9.62. The first kappa shape index (κ1) is 27.3. The van der Waals surface area contributed by atoms with Crippen molar-refractivity contribution in [1.82, 2.24) is 25.0 Å². The molecule has 1 unspecified atom stereocenters. The minimum Gasteiger partial charge on any atom is -0.356 e. The highest BCUT2D eigenvalue weighted by Crippen LogP contribution is 2.25. The second-order valence-electron chi connectivity index (χ2n) is 9.62. The molecule has 0 radical (unpaired) electrons. The van der Waals surface area contributed by atoms with E-state index in [4.69, 9.17) is 19.3 Å². The van der Waals surface area contributed by atoms with Crippen LogP contribution >= 0.6 is 0 Å². The summed E-state index contributed by atoms with van der Waals surface area (Å²) >= 11 is 0. The predicted octanol–water partition coefficient (Wildman–Crippen LogP) is 4.99. The molecule has 5 rings (SSSR count). The summed E-state index contributed by atoms with van der Waals surface area (Å²) in [6.07, 6.45) is 8.71. The summed E-state index contributed by atoms with van der Waals surface area (Å²) in [7, 11) is 0. The highest BCUT2D eigenvalue weighted by molar-refractivity contribution is 5.59. The van der Waals surface area contributed by atoms with Crippen LogP contribution in [-0.2, 0) is 22.6 Å². The molecular weight excluding hydrogens is 504 g/mol. The standard InChI is InChI=1S/C31H32N6O3/c1-23(39-30-5-2-3-18-38-30)31-34-16-17-37(31)22-28-19-29(40-36-28)26-11-8-24(9-12-26)6-7-25-10-13-27(35-20-25)21-33-15-4-14-32/h8-13,16-17,19-20,23,30,33H,2-5,15,18,21-22H2,1H3/t23-,30?/m0/s1. The van der Waals surface area contributed by atoms with Crippen LogP contribution in [0.15, 0.2) is 65.6 Å². The Kier molecular flexibility index (Phi) is 9.33. The van der Waals surface area contributed by atoms with Crippen LogP contribution in [0.25, 0.3) is 11.3 Å². The highest BCUT2D eigenvalue weighted by Gasteiger charge is 2.21. The van der Waals surface area contributed by atoms with E-state index in [2.05, 4.69) is 38.4 Å². The molecule has 9 heteroatoms. The topological polar surface area (TPSA) is 111 Å². The van der Waals surface area contributed by atoms with E-state index in [0.717, 1.165) is 59.8 Å². The molecule has 0 spiro atoms. The Bertz CT molecular complexity index is 1470. The SMILES string of the molecule is C[C@H](OC1CCCCO1)c1nccn1Cc1cc(-c2ccc(C#Cc3ccc(CNCCC#N)nc3)cc2)on1. The molecule has 0 bridgehead atoms. The molecule has 40 heavy (non-hydrogen) atoms. The van der Waals surface area contributed by atoms with Crippen molar-refractivity contribution in [2.24, 2.45) is 0 Å². The molecule has 3 aromatic heterocycles. The van der Waals surface area contributed by atoms with Gasteiger partial charge in [-0.15, -0.1) is 0 Å². The number of nitriles is 1. The lowest BCUT2D eigenvalue weighted by molar-refractivity contribution is -0.188. The van der Waals surface area contributed by atoms with Gasteiger partial charge in [-0.3, -0.25) is 4.98 Å². The largest absolute Gasteiger partial charge is 0.356 e. The Morgan fingerprint density at radius 2 is 1.95 bits per heavy atom. The van der Waals surface area contributed by atoms with Crippen molar-refractivity contribution in [1.29, 1.82) is 5.26 Å². The van der Waals surface area contributed by atoms with E-state index >= 15 is 0 Å². The Hall–Kier alpha value is -4.28. The first-order valence-electron chi connectivity index (χ1n) is 13.6. The molecule has 1 saturated heterocycles. The maximum Gasteiger partial charge on any atom is 0.167 e. The Labute approximate surface area is 234 Å².